The second-order valence-corrected chi connectivity index (χ2v) is 5.53. The van der Waals surface area contributed by atoms with Crippen LogP contribution in [0.5, 0.6) is 0 Å². The van der Waals surface area contributed by atoms with E-state index in [1.807, 2.05) is 32.0 Å². The lowest BCUT2D eigenvalue weighted by Crippen LogP contribution is -2.27. The van der Waals surface area contributed by atoms with E-state index in [1.54, 1.807) is 0 Å². The van der Waals surface area contributed by atoms with E-state index in [2.05, 4.69) is 5.32 Å². The minimum atomic E-state index is -4.14. The maximum atomic E-state index is 10.5. The van der Waals surface area contributed by atoms with Crippen LogP contribution in [0, 0.1) is 13.8 Å². The van der Waals surface area contributed by atoms with Gasteiger partial charge in [-0.2, -0.15) is 8.42 Å². The molecule has 0 aliphatic heterocycles. The summed E-state index contributed by atoms with van der Waals surface area (Å²) in [6, 6.07) is 5.69. The van der Waals surface area contributed by atoms with Crippen LogP contribution in [-0.2, 0) is 10.1 Å². The first-order chi connectivity index (χ1) is 7.79. The van der Waals surface area contributed by atoms with Gasteiger partial charge in [0, 0.05) is 12.2 Å². The molecule has 0 saturated carbocycles. The molecule has 0 saturated heterocycles. The second kappa shape index (κ2) is 5.48. The standard InChI is InChI=1S/C11H17NO4S/c1-8-4-3-5-11(9(8)2)12-6-10(13)7-17(14,15)16/h3-5,10,12-13H,6-7H2,1-2H3,(H,14,15,16). The molecule has 0 fully saturated rings. The van der Waals surface area contributed by atoms with Crippen molar-refractivity contribution in [2.45, 2.75) is 20.0 Å². The van der Waals surface area contributed by atoms with Gasteiger partial charge in [0.2, 0.25) is 0 Å². The van der Waals surface area contributed by atoms with Crippen molar-refractivity contribution in [3.05, 3.63) is 29.3 Å². The van der Waals surface area contributed by atoms with Gasteiger partial charge in [-0.15, -0.1) is 0 Å². The van der Waals surface area contributed by atoms with Crippen molar-refractivity contribution in [2.75, 3.05) is 17.6 Å². The number of aryl methyl sites for hydroxylation is 1. The van der Waals surface area contributed by atoms with Crippen LogP contribution in [0.2, 0.25) is 0 Å². The molecule has 1 aromatic carbocycles. The summed E-state index contributed by atoms with van der Waals surface area (Å²) in [6.07, 6.45) is -1.13. The topological polar surface area (TPSA) is 86.6 Å². The van der Waals surface area contributed by atoms with E-state index in [0.29, 0.717) is 0 Å². The van der Waals surface area contributed by atoms with Crippen molar-refractivity contribution in [1.29, 1.82) is 0 Å². The molecule has 0 aliphatic rings. The predicted octanol–water partition coefficient (Wildman–Crippen LogP) is 0.964. The van der Waals surface area contributed by atoms with Crippen molar-refractivity contribution in [3.8, 4) is 0 Å². The van der Waals surface area contributed by atoms with Crippen molar-refractivity contribution >= 4 is 15.8 Å². The molecular formula is C11H17NO4S. The molecule has 6 heteroatoms. The molecule has 0 bridgehead atoms. The van der Waals surface area contributed by atoms with E-state index in [1.165, 1.54) is 0 Å². The van der Waals surface area contributed by atoms with Gasteiger partial charge in [-0.25, -0.2) is 0 Å². The van der Waals surface area contributed by atoms with Gasteiger partial charge in [0.1, 0.15) is 5.75 Å². The summed E-state index contributed by atoms with van der Waals surface area (Å²) < 4.78 is 29.7. The normalized spacial score (nSPS) is 13.4. The van der Waals surface area contributed by atoms with Crippen LogP contribution < -0.4 is 5.32 Å². The Balaban J connectivity index is 2.59. The minimum absolute atomic E-state index is 0.0735. The quantitative estimate of drug-likeness (QED) is 0.686. The Labute approximate surface area is 101 Å². The summed E-state index contributed by atoms with van der Waals surface area (Å²) in [5.74, 6) is -0.662. The third-order valence-electron chi connectivity index (χ3n) is 2.54. The Morgan fingerprint density at radius 1 is 1.35 bits per heavy atom. The Kier molecular flexibility index (Phi) is 4.50. The summed E-state index contributed by atoms with van der Waals surface area (Å²) >= 11 is 0. The van der Waals surface area contributed by atoms with Crippen LogP contribution in [0.1, 0.15) is 11.1 Å². The molecule has 0 spiro atoms. The van der Waals surface area contributed by atoms with Crippen LogP contribution in [0.25, 0.3) is 0 Å². The van der Waals surface area contributed by atoms with Crippen molar-refractivity contribution in [1.82, 2.24) is 0 Å². The smallest absolute Gasteiger partial charge is 0.267 e. The van der Waals surface area contributed by atoms with Crippen LogP contribution in [0.4, 0.5) is 5.69 Å². The van der Waals surface area contributed by atoms with Crippen LogP contribution in [-0.4, -0.2) is 36.5 Å². The lowest BCUT2D eigenvalue weighted by Gasteiger charge is -2.14. The van der Waals surface area contributed by atoms with Gasteiger partial charge in [-0.1, -0.05) is 12.1 Å². The summed E-state index contributed by atoms with van der Waals surface area (Å²) in [5, 5.41) is 12.4. The fourth-order valence-corrected chi connectivity index (χ4v) is 2.08. The maximum absolute atomic E-state index is 10.5. The van der Waals surface area contributed by atoms with Gasteiger partial charge in [0.05, 0.1) is 6.10 Å². The highest BCUT2D eigenvalue weighted by Gasteiger charge is 2.14. The van der Waals surface area contributed by atoms with Gasteiger partial charge in [-0.05, 0) is 31.0 Å². The van der Waals surface area contributed by atoms with Crippen molar-refractivity contribution < 1.29 is 18.1 Å². The molecular weight excluding hydrogens is 242 g/mol. The Morgan fingerprint density at radius 3 is 2.59 bits per heavy atom. The third-order valence-corrected chi connectivity index (χ3v) is 3.34. The molecule has 3 N–H and O–H groups in total. The molecule has 17 heavy (non-hydrogen) atoms. The van der Waals surface area contributed by atoms with Crippen molar-refractivity contribution in [2.24, 2.45) is 0 Å². The van der Waals surface area contributed by atoms with Crippen LogP contribution >= 0.6 is 0 Å². The first-order valence-corrected chi connectivity index (χ1v) is 6.84. The predicted molar refractivity (Wildman–Crippen MR) is 66.8 cm³/mol. The van der Waals surface area contributed by atoms with E-state index < -0.39 is 22.0 Å². The zero-order valence-corrected chi connectivity index (χ0v) is 10.7. The third kappa shape index (κ3) is 4.72. The summed E-state index contributed by atoms with van der Waals surface area (Å²) in [6.45, 7) is 3.98. The van der Waals surface area contributed by atoms with E-state index in [9.17, 15) is 13.5 Å². The van der Waals surface area contributed by atoms with Gasteiger partial charge in [0.25, 0.3) is 10.1 Å². The number of rotatable bonds is 5. The molecule has 0 aliphatic carbocycles. The van der Waals surface area contributed by atoms with Crippen LogP contribution in [0.3, 0.4) is 0 Å². The average molecular weight is 259 g/mol. The number of benzene rings is 1. The summed E-state index contributed by atoms with van der Waals surface area (Å²) in [7, 11) is -4.14. The lowest BCUT2D eigenvalue weighted by molar-refractivity contribution is 0.208. The average Bonchev–Trinajstić information content (AvgIpc) is 2.18. The molecule has 5 nitrogen and oxygen atoms in total. The fourth-order valence-electron chi connectivity index (χ4n) is 1.47. The highest BCUT2D eigenvalue weighted by atomic mass is 32.2. The van der Waals surface area contributed by atoms with Gasteiger partial charge < -0.3 is 10.4 Å². The highest BCUT2D eigenvalue weighted by Crippen LogP contribution is 2.17. The first kappa shape index (κ1) is 14.0. The van der Waals surface area contributed by atoms with Crippen LogP contribution in [0.15, 0.2) is 18.2 Å². The summed E-state index contributed by atoms with van der Waals surface area (Å²) in [4.78, 5) is 0. The molecule has 1 aromatic rings. The summed E-state index contributed by atoms with van der Waals surface area (Å²) in [5.41, 5.74) is 3.00. The molecule has 0 radical (unpaired) electrons. The molecule has 0 aromatic heterocycles. The zero-order valence-electron chi connectivity index (χ0n) is 9.84. The Hall–Kier alpha value is -1.11. The Bertz CT molecular complexity index is 484. The maximum Gasteiger partial charge on any atom is 0.267 e. The molecule has 0 heterocycles. The number of nitrogens with one attached hydrogen (secondary N) is 1. The van der Waals surface area contributed by atoms with E-state index >= 15 is 0 Å². The number of hydrogen-bond acceptors (Lipinski definition) is 4. The van der Waals surface area contributed by atoms with Crippen molar-refractivity contribution in [3.63, 3.8) is 0 Å². The number of aliphatic hydroxyl groups excluding tert-OH is 1. The molecule has 96 valence electrons. The Morgan fingerprint density at radius 2 is 2.00 bits per heavy atom. The highest BCUT2D eigenvalue weighted by molar-refractivity contribution is 7.85. The minimum Gasteiger partial charge on any atom is -0.390 e. The first-order valence-electron chi connectivity index (χ1n) is 5.23. The zero-order chi connectivity index (χ0) is 13.1. The van der Waals surface area contributed by atoms with E-state index in [4.69, 9.17) is 4.55 Å². The largest absolute Gasteiger partial charge is 0.390 e. The fraction of sp³-hybridized carbons (Fsp3) is 0.455. The molecule has 0 amide bonds. The number of anilines is 1. The van der Waals surface area contributed by atoms with E-state index in [0.717, 1.165) is 16.8 Å². The second-order valence-electron chi connectivity index (χ2n) is 4.03. The lowest BCUT2D eigenvalue weighted by atomic mass is 10.1. The van der Waals surface area contributed by atoms with Gasteiger partial charge in [0.15, 0.2) is 0 Å². The number of aliphatic hydroxyl groups is 1. The monoisotopic (exact) mass is 259 g/mol. The van der Waals surface area contributed by atoms with Gasteiger partial charge >= 0.3 is 0 Å². The number of hydrogen-bond donors (Lipinski definition) is 3. The van der Waals surface area contributed by atoms with Gasteiger partial charge in [-0.3, -0.25) is 4.55 Å². The SMILES string of the molecule is Cc1cccc(NCC(O)CS(=O)(=O)O)c1C. The molecule has 1 unspecified atom stereocenters. The molecule has 1 rings (SSSR count). The van der Waals surface area contributed by atoms with E-state index in [-0.39, 0.29) is 6.54 Å². The molecule has 1 atom stereocenters.